The average molecular weight is 421 g/mol. The van der Waals surface area contributed by atoms with Crippen LogP contribution in [0.2, 0.25) is 0 Å². The van der Waals surface area contributed by atoms with E-state index in [9.17, 15) is 9.90 Å². The Morgan fingerprint density at radius 3 is 2.71 bits per heavy atom. The molecule has 3 aliphatic heterocycles. The van der Waals surface area contributed by atoms with Crippen molar-refractivity contribution >= 4 is 29.3 Å². The van der Waals surface area contributed by atoms with Crippen LogP contribution < -0.4 is 0 Å². The van der Waals surface area contributed by atoms with Crippen LogP contribution in [-0.4, -0.2) is 44.5 Å². The number of carbonyl (C=O) groups is 1. The number of ketones is 1. The summed E-state index contributed by atoms with van der Waals surface area (Å²) in [5.74, 6) is 4.47. The van der Waals surface area contributed by atoms with Crippen LogP contribution in [0.5, 0.6) is 0 Å². The lowest BCUT2D eigenvalue weighted by Crippen LogP contribution is -2.75. The minimum absolute atomic E-state index is 0.0626. The molecule has 0 radical (unpaired) electrons. The van der Waals surface area contributed by atoms with E-state index in [1.54, 1.807) is 6.08 Å². The molecule has 0 aromatic heterocycles. The number of ether oxygens (including phenoxy) is 2. The topological polar surface area (TPSA) is 55.8 Å². The van der Waals surface area contributed by atoms with Crippen molar-refractivity contribution in [1.29, 1.82) is 0 Å². The highest BCUT2D eigenvalue weighted by Crippen LogP contribution is 2.75. The average Bonchev–Trinajstić information content (AvgIpc) is 3.04. The van der Waals surface area contributed by atoms with Gasteiger partial charge in [0.15, 0.2) is 17.2 Å². The monoisotopic (exact) mass is 420 g/mol. The third kappa shape index (κ3) is 2.28. The van der Waals surface area contributed by atoms with E-state index in [0.29, 0.717) is 13.0 Å². The van der Waals surface area contributed by atoms with Gasteiger partial charge in [0, 0.05) is 23.7 Å². The zero-order chi connectivity index (χ0) is 19.8. The second kappa shape index (κ2) is 6.20. The molecule has 3 aliphatic carbocycles. The van der Waals surface area contributed by atoms with Gasteiger partial charge >= 0.3 is 0 Å². The first kappa shape index (κ1) is 19.4. The molecule has 6 aliphatic rings. The summed E-state index contributed by atoms with van der Waals surface area (Å²) in [6.07, 6.45) is 8.13. The van der Waals surface area contributed by atoms with Gasteiger partial charge in [-0.3, -0.25) is 4.79 Å². The van der Waals surface area contributed by atoms with E-state index < -0.39 is 16.8 Å². The van der Waals surface area contributed by atoms with Crippen molar-refractivity contribution in [3.05, 3.63) is 11.6 Å². The molecule has 6 heteroatoms. The predicted octanol–water partition coefficient (Wildman–Crippen LogP) is 3.59. The van der Waals surface area contributed by atoms with Crippen molar-refractivity contribution in [3.8, 4) is 12.0 Å². The van der Waals surface area contributed by atoms with Crippen LogP contribution in [0.15, 0.2) is 11.6 Å². The highest BCUT2D eigenvalue weighted by atomic mass is 32.2. The zero-order valence-electron chi connectivity index (χ0n) is 16.7. The molecule has 0 aromatic carbocycles. The van der Waals surface area contributed by atoms with Gasteiger partial charge in [0.2, 0.25) is 0 Å². The van der Waals surface area contributed by atoms with Crippen LogP contribution in [0.1, 0.15) is 46.5 Å². The molecule has 0 unspecified atom stereocenters. The van der Waals surface area contributed by atoms with Gasteiger partial charge in [0.1, 0.15) is 6.11 Å². The van der Waals surface area contributed by atoms with Gasteiger partial charge in [0.05, 0.1) is 10.7 Å². The second-order valence-electron chi connectivity index (χ2n) is 9.14. The Labute approximate surface area is 175 Å². The molecule has 1 N–H and O–H groups in total. The van der Waals surface area contributed by atoms with Crippen LogP contribution >= 0.6 is 23.5 Å². The number of hydrogen-bond acceptors (Lipinski definition) is 6. The number of hydrogen-bond donors (Lipinski definition) is 1. The number of rotatable bonds is 1. The summed E-state index contributed by atoms with van der Waals surface area (Å²) in [6.45, 7) is 6.52. The fourth-order valence-corrected chi connectivity index (χ4v) is 10.2. The molecular formula is C22H28O4S2. The van der Waals surface area contributed by atoms with Crippen molar-refractivity contribution in [1.82, 2.24) is 0 Å². The Kier molecular flexibility index (Phi) is 4.29. The van der Waals surface area contributed by atoms with Crippen molar-refractivity contribution < 1.29 is 19.4 Å². The summed E-state index contributed by atoms with van der Waals surface area (Å²) in [4.78, 5) is 13.0. The highest BCUT2D eigenvalue weighted by molar-refractivity contribution is 8.18. The van der Waals surface area contributed by atoms with Gasteiger partial charge in [-0.15, -0.1) is 23.5 Å². The maximum atomic E-state index is 13.0. The third-order valence-corrected chi connectivity index (χ3v) is 11.3. The number of aliphatic hydroxyl groups is 1. The first-order valence-electron chi connectivity index (χ1n) is 10.4. The standard InChI is InChI=1S/C22H28O4S2/c1-4-25-7-6-21-14(2)10-18(23)17-13-22(24,26-21)16-12-20(27-8-5-9-28-20)11-15(16)19(17,21)3/h10,15-17,24H,4-5,8-9,11-13H2,1-3H3/t15-,16+,17-,19-,21-,22+/m1/s1. The first-order chi connectivity index (χ1) is 13.3. The lowest BCUT2D eigenvalue weighted by atomic mass is 9.44. The van der Waals surface area contributed by atoms with Crippen molar-refractivity contribution in [2.75, 3.05) is 18.1 Å². The van der Waals surface area contributed by atoms with Gasteiger partial charge in [-0.1, -0.05) is 6.92 Å². The molecule has 0 aromatic rings. The lowest BCUT2D eigenvalue weighted by molar-refractivity contribution is -0.388. The van der Waals surface area contributed by atoms with E-state index >= 15 is 0 Å². The minimum atomic E-state index is -1.29. The number of allylic oxidation sites excluding steroid dienone is 1. The molecule has 4 bridgehead atoms. The van der Waals surface area contributed by atoms with Gasteiger partial charge in [-0.2, -0.15) is 0 Å². The van der Waals surface area contributed by atoms with E-state index in [2.05, 4.69) is 42.5 Å². The molecule has 2 saturated carbocycles. The van der Waals surface area contributed by atoms with Crippen LogP contribution in [0.25, 0.3) is 0 Å². The first-order valence-corrected chi connectivity index (χ1v) is 12.3. The molecule has 6 rings (SSSR count). The molecule has 1 spiro atoms. The fraction of sp³-hybridized carbons (Fsp3) is 0.773. The zero-order valence-corrected chi connectivity index (χ0v) is 18.4. The highest BCUT2D eigenvalue weighted by Gasteiger charge is 2.78. The summed E-state index contributed by atoms with van der Waals surface area (Å²) in [6, 6.07) is 0. The molecule has 152 valence electrons. The minimum Gasteiger partial charge on any atom is -0.447 e. The summed E-state index contributed by atoms with van der Waals surface area (Å²) in [7, 11) is 0. The molecular weight excluding hydrogens is 392 g/mol. The van der Waals surface area contributed by atoms with Crippen LogP contribution in [0.4, 0.5) is 0 Å². The molecule has 6 atom stereocenters. The van der Waals surface area contributed by atoms with Crippen molar-refractivity contribution in [3.63, 3.8) is 0 Å². The third-order valence-electron chi connectivity index (χ3n) is 7.93. The second-order valence-corrected chi connectivity index (χ2v) is 12.4. The summed E-state index contributed by atoms with van der Waals surface area (Å²) in [5.41, 5.74) is -0.584. The van der Waals surface area contributed by atoms with Crippen LogP contribution in [0.3, 0.4) is 0 Å². The van der Waals surface area contributed by atoms with E-state index in [-0.39, 0.29) is 27.6 Å². The van der Waals surface area contributed by atoms with E-state index in [0.717, 1.165) is 18.4 Å². The van der Waals surface area contributed by atoms with Crippen molar-refractivity contribution in [2.45, 2.75) is 61.9 Å². The Morgan fingerprint density at radius 2 is 2.00 bits per heavy atom. The quantitative estimate of drug-likeness (QED) is 0.655. The molecule has 0 amide bonds. The van der Waals surface area contributed by atoms with Crippen LogP contribution in [-0.2, 0) is 14.3 Å². The Bertz CT molecular complexity index is 807. The lowest BCUT2D eigenvalue weighted by Gasteiger charge is -2.68. The Balaban J connectivity index is 1.66. The van der Waals surface area contributed by atoms with E-state index in [4.69, 9.17) is 9.47 Å². The van der Waals surface area contributed by atoms with Gasteiger partial charge in [-0.25, -0.2) is 0 Å². The summed E-state index contributed by atoms with van der Waals surface area (Å²) >= 11 is 4.11. The fourth-order valence-electron chi connectivity index (χ4n) is 6.66. The van der Waals surface area contributed by atoms with Crippen LogP contribution in [0, 0.1) is 35.2 Å². The van der Waals surface area contributed by atoms with Gasteiger partial charge < -0.3 is 14.6 Å². The molecule has 5 fully saturated rings. The van der Waals surface area contributed by atoms with Gasteiger partial charge in [0.25, 0.3) is 0 Å². The van der Waals surface area contributed by atoms with Gasteiger partial charge in [-0.05, 0) is 68.1 Å². The predicted molar refractivity (Wildman–Crippen MR) is 112 cm³/mol. The summed E-state index contributed by atoms with van der Waals surface area (Å²) in [5, 5.41) is 11.8. The van der Waals surface area contributed by atoms with E-state index in [1.807, 2.05) is 13.8 Å². The Morgan fingerprint density at radius 1 is 1.29 bits per heavy atom. The molecule has 28 heavy (non-hydrogen) atoms. The molecule has 3 saturated heterocycles. The molecule has 4 nitrogen and oxygen atoms in total. The SMILES string of the molecule is CCOC#C[C@@]12O[C@@]3(O)C[C@H](C(=O)C=C1C)[C@@]2(C)[C@@H]1CC2(C[C@@H]13)SCCCS2. The number of carbonyl (C=O) groups excluding carboxylic acids is 1. The van der Waals surface area contributed by atoms with Crippen molar-refractivity contribution in [2.24, 2.45) is 23.2 Å². The smallest absolute Gasteiger partial charge is 0.171 e. The number of thioether (sulfide) groups is 2. The maximum absolute atomic E-state index is 13.0. The maximum Gasteiger partial charge on any atom is 0.171 e. The summed E-state index contributed by atoms with van der Waals surface area (Å²) < 4.78 is 12.1. The van der Waals surface area contributed by atoms with E-state index in [1.165, 1.54) is 17.9 Å². The molecule has 3 heterocycles. The largest absolute Gasteiger partial charge is 0.447 e. The normalized spacial score (nSPS) is 47.9. The Hall–Kier alpha value is -0.610.